The second kappa shape index (κ2) is 7.20. The molecule has 17 heavy (non-hydrogen) atoms. The minimum Gasteiger partial charge on any atom is -0.382 e. The molecule has 0 fully saturated rings. The van der Waals surface area contributed by atoms with Crippen LogP contribution in [0.5, 0.6) is 0 Å². The van der Waals surface area contributed by atoms with Crippen LogP contribution >= 0.6 is 23.2 Å². The fourth-order valence-corrected chi connectivity index (χ4v) is 2.54. The van der Waals surface area contributed by atoms with Crippen LogP contribution in [0.3, 0.4) is 0 Å². The molecule has 0 atom stereocenters. The lowest BCUT2D eigenvalue weighted by Gasteiger charge is -2.30. The second-order valence-corrected chi connectivity index (χ2v) is 4.54. The number of benzene rings is 1. The topological polar surface area (TPSA) is 9.23 Å². The van der Waals surface area contributed by atoms with Gasteiger partial charge in [0.25, 0.3) is 0 Å². The van der Waals surface area contributed by atoms with Crippen molar-refractivity contribution >= 4 is 23.2 Å². The molecule has 0 aliphatic carbocycles. The maximum absolute atomic E-state index is 12.9. The average Bonchev–Trinajstić information content (AvgIpc) is 2.37. The number of halogens is 3. The summed E-state index contributed by atoms with van der Waals surface area (Å²) < 4.78 is 18.2. The third-order valence-corrected chi connectivity index (χ3v) is 3.92. The summed E-state index contributed by atoms with van der Waals surface area (Å²) >= 11 is 12.1. The lowest BCUT2D eigenvalue weighted by Crippen LogP contribution is -2.32. The third-order valence-electron chi connectivity index (χ3n) is 2.90. The van der Waals surface area contributed by atoms with E-state index in [0.717, 1.165) is 12.0 Å². The Bertz CT molecular complexity index is 323. The smallest absolute Gasteiger partial charge is 0.123 e. The summed E-state index contributed by atoms with van der Waals surface area (Å²) in [4.78, 5) is 0. The lowest BCUT2D eigenvalue weighted by atomic mass is 9.81. The van der Waals surface area contributed by atoms with Crippen molar-refractivity contribution in [3.8, 4) is 0 Å². The number of ether oxygens (including phenoxy) is 1. The zero-order valence-corrected chi connectivity index (χ0v) is 11.4. The van der Waals surface area contributed by atoms with Gasteiger partial charge in [0.2, 0.25) is 0 Å². The normalized spacial score (nSPS) is 11.8. The van der Waals surface area contributed by atoms with Gasteiger partial charge in [0, 0.05) is 30.4 Å². The molecular formula is C13H17Cl2FO. The van der Waals surface area contributed by atoms with Crippen molar-refractivity contribution in [3.05, 3.63) is 35.6 Å². The van der Waals surface area contributed by atoms with Crippen LogP contribution in [0, 0.1) is 5.82 Å². The first-order chi connectivity index (χ1) is 8.18. The Labute approximate surface area is 112 Å². The van der Waals surface area contributed by atoms with E-state index in [0.29, 0.717) is 25.0 Å². The van der Waals surface area contributed by atoms with Gasteiger partial charge in [0.15, 0.2) is 0 Å². The first-order valence-electron chi connectivity index (χ1n) is 5.64. The largest absolute Gasteiger partial charge is 0.382 e. The molecule has 1 nitrogen and oxygen atoms in total. The molecule has 0 radical (unpaired) electrons. The number of alkyl halides is 2. The van der Waals surface area contributed by atoms with E-state index in [4.69, 9.17) is 27.9 Å². The van der Waals surface area contributed by atoms with Crippen LogP contribution in [0.1, 0.15) is 18.9 Å². The standard InChI is InChI=1S/C13H17Cl2FO/c1-2-17-8-7-13(9-14,10-15)11-3-5-12(16)6-4-11/h3-6H,2,7-10H2,1H3. The van der Waals surface area contributed by atoms with Gasteiger partial charge < -0.3 is 4.74 Å². The van der Waals surface area contributed by atoms with Gasteiger partial charge in [0.1, 0.15) is 5.82 Å². The van der Waals surface area contributed by atoms with E-state index < -0.39 is 0 Å². The highest BCUT2D eigenvalue weighted by molar-refractivity contribution is 6.22. The first-order valence-corrected chi connectivity index (χ1v) is 6.71. The van der Waals surface area contributed by atoms with E-state index in [1.54, 1.807) is 12.1 Å². The van der Waals surface area contributed by atoms with Gasteiger partial charge in [-0.15, -0.1) is 23.2 Å². The maximum atomic E-state index is 12.9. The molecule has 0 aliphatic heterocycles. The van der Waals surface area contributed by atoms with Crippen LogP contribution < -0.4 is 0 Å². The fourth-order valence-electron chi connectivity index (χ4n) is 1.68. The molecule has 96 valence electrons. The van der Waals surface area contributed by atoms with E-state index in [2.05, 4.69) is 0 Å². The van der Waals surface area contributed by atoms with Crippen LogP contribution in [0.15, 0.2) is 24.3 Å². The summed E-state index contributed by atoms with van der Waals surface area (Å²) in [5.74, 6) is 0.543. The minimum absolute atomic E-state index is 0.253. The number of rotatable bonds is 7. The molecule has 0 unspecified atom stereocenters. The summed E-state index contributed by atoms with van der Waals surface area (Å²) in [6, 6.07) is 6.35. The van der Waals surface area contributed by atoms with Gasteiger partial charge in [-0.2, -0.15) is 0 Å². The zero-order chi connectivity index (χ0) is 12.7. The molecule has 0 amide bonds. The fraction of sp³-hybridized carbons (Fsp3) is 0.538. The van der Waals surface area contributed by atoms with Crippen LogP contribution in [0.4, 0.5) is 4.39 Å². The average molecular weight is 279 g/mol. The number of hydrogen-bond acceptors (Lipinski definition) is 1. The van der Waals surface area contributed by atoms with Crippen LogP contribution in [0.2, 0.25) is 0 Å². The molecule has 1 aromatic carbocycles. The molecule has 0 spiro atoms. The Balaban J connectivity index is 2.85. The van der Waals surface area contributed by atoms with E-state index in [-0.39, 0.29) is 11.2 Å². The highest BCUT2D eigenvalue weighted by Gasteiger charge is 2.30. The highest BCUT2D eigenvalue weighted by Crippen LogP contribution is 2.31. The molecule has 0 aliphatic rings. The molecule has 0 aromatic heterocycles. The third kappa shape index (κ3) is 3.84. The molecule has 0 N–H and O–H groups in total. The van der Waals surface area contributed by atoms with Gasteiger partial charge in [-0.1, -0.05) is 12.1 Å². The highest BCUT2D eigenvalue weighted by atomic mass is 35.5. The molecule has 4 heteroatoms. The molecule has 1 aromatic rings. The Morgan fingerprint density at radius 3 is 2.24 bits per heavy atom. The van der Waals surface area contributed by atoms with Gasteiger partial charge in [-0.05, 0) is 31.0 Å². The molecule has 0 saturated heterocycles. The van der Waals surface area contributed by atoms with Crippen molar-refractivity contribution < 1.29 is 9.13 Å². The van der Waals surface area contributed by atoms with Crippen molar-refractivity contribution in [3.63, 3.8) is 0 Å². The summed E-state index contributed by atoms with van der Waals surface area (Å²) in [6.07, 6.45) is 0.736. The van der Waals surface area contributed by atoms with Crippen molar-refractivity contribution in [2.24, 2.45) is 0 Å². The quantitative estimate of drug-likeness (QED) is 0.542. The second-order valence-electron chi connectivity index (χ2n) is 4.00. The molecule has 1 rings (SSSR count). The summed E-state index contributed by atoms with van der Waals surface area (Å²) in [5, 5.41) is 0. The van der Waals surface area contributed by atoms with Gasteiger partial charge >= 0.3 is 0 Å². The van der Waals surface area contributed by atoms with E-state index in [9.17, 15) is 4.39 Å². The summed E-state index contributed by atoms with van der Waals surface area (Å²) in [5.41, 5.74) is 0.620. The molecule has 0 heterocycles. The van der Waals surface area contributed by atoms with Gasteiger partial charge in [0.05, 0.1) is 0 Å². The predicted octanol–water partition coefficient (Wildman–Crippen LogP) is 3.97. The van der Waals surface area contributed by atoms with Crippen LogP contribution in [-0.4, -0.2) is 25.0 Å². The Morgan fingerprint density at radius 2 is 1.76 bits per heavy atom. The Hall–Kier alpha value is -0.310. The van der Waals surface area contributed by atoms with Crippen molar-refractivity contribution in [2.75, 3.05) is 25.0 Å². The van der Waals surface area contributed by atoms with Crippen LogP contribution in [-0.2, 0) is 10.2 Å². The number of hydrogen-bond donors (Lipinski definition) is 0. The van der Waals surface area contributed by atoms with Crippen molar-refractivity contribution in [1.29, 1.82) is 0 Å². The van der Waals surface area contributed by atoms with Gasteiger partial charge in [-0.25, -0.2) is 4.39 Å². The van der Waals surface area contributed by atoms with E-state index in [1.807, 2.05) is 6.92 Å². The van der Waals surface area contributed by atoms with Crippen molar-refractivity contribution in [2.45, 2.75) is 18.8 Å². The van der Waals surface area contributed by atoms with E-state index in [1.165, 1.54) is 12.1 Å². The molecular weight excluding hydrogens is 262 g/mol. The van der Waals surface area contributed by atoms with Gasteiger partial charge in [-0.3, -0.25) is 0 Å². The summed E-state index contributed by atoms with van der Waals surface area (Å²) in [6.45, 7) is 3.22. The summed E-state index contributed by atoms with van der Waals surface area (Å²) in [7, 11) is 0. The minimum atomic E-state index is -0.341. The predicted molar refractivity (Wildman–Crippen MR) is 70.6 cm³/mol. The molecule has 0 bridgehead atoms. The van der Waals surface area contributed by atoms with Crippen molar-refractivity contribution in [1.82, 2.24) is 0 Å². The van der Waals surface area contributed by atoms with Crippen LogP contribution in [0.25, 0.3) is 0 Å². The van der Waals surface area contributed by atoms with E-state index >= 15 is 0 Å². The monoisotopic (exact) mass is 278 g/mol. The zero-order valence-electron chi connectivity index (χ0n) is 9.89. The maximum Gasteiger partial charge on any atom is 0.123 e. The molecule has 0 saturated carbocycles. The lowest BCUT2D eigenvalue weighted by molar-refractivity contribution is 0.131. The SMILES string of the molecule is CCOCCC(CCl)(CCl)c1ccc(F)cc1. The Kier molecular flexibility index (Phi) is 6.24. The Morgan fingerprint density at radius 1 is 1.18 bits per heavy atom. The first kappa shape index (κ1) is 14.7.